The van der Waals surface area contributed by atoms with Crippen LogP contribution in [0.3, 0.4) is 0 Å². The van der Waals surface area contributed by atoms with Crippen LogP contribution in [-0.2, 0) is 9.31 Å². The minimum absolute atomic E-state index is 0.466. The van der Waals surface area contributed by atoms with Gasteiger partial charge in [-0.2, -0.15) is 0 Å². The van der Waals surface area contributed by atoms with E-state index < -0.39 is 29.5 Å². The Bertz CT molecular complexity index is 361. The molecule has 0 aromatic rings. The summed E-state index contributed by atoms with van der Waals surface area (Å²) in [4.78, 5) is 0. The molecule has 0 N–H and O–H groups in total. The van der Waals surface area contributed by atoms with E-state index in [2.05, 4.69) is 5.92 Å². The molecule has 1 rings (SSSR count). The maximum atomic E-state index is 14.0. The van der Waals surface area contributed by atoms with Gasteiger partial charge in [-0.25, -0.2) is 4.39 Å². The SMILES string of the molecule is C#CC(C)(C)C=C(F)B1OC(C)(C)C(C)(C)O1. The van der Waals surface area contributed by atoms with E-state index >= 15 is 0 Å². The summed E-state index contributed by atoms with van der Waals surface area (Å²) in [6.45, 7) is 11.0. The summed E-state index contributed by atoms with van der Waals surface area (Å²) in [6.07, 6.45) is 6.69. The van der Waals surface area contributed by atoms with E-state index in [4.69, 9.17) is 15.7 Å². The van der Waals surface area contributed by atoms with E-state index in [0.717, 1.165) is 0 Å². The lowest BCUT2D eigenvalue weighted by Gasteiger charge is -2.32. The van der Waals surface area contributed by atoms with Gasteiger partial charge in [0.25, 0.3) is 0 Å². The van der Waals surface area contributed by atoms with Gasteiger partial charge in [0.2, 0.25) is 0 Å². The molecule has 2 nitrogen and oxygen atoms in total. The summed E-state index contributed by atoms with van der Waals surface area (Å²) < 4.78 is 25.2. The standard InChI is InChI=1S/C13H20BFO2/c1-8-11(2,3)9-10(15)14-16-12(4,5)13(6,7)17-14/h1,9H,2-7H3. The predicted octanol–water partition coefficient (Wildman–Crippen LogP) is 3.13. The van der Waals surface area contributed by atoms with Gasteiger partial charge < -0.3 is 9.31 Å². The monoisotopic (exact) mass is 238 g/mol. The Balaban J connectivity index is 2.90. The van der Waals surface area contributed by atoms with Crippen molar-refractivity contribution in [2.45, 2.75) is 52.7 Å². The van der Waals surface area contributed by atoms with Gasteiger partial charge in [-0.05, 0) is 47.6 Å². The van der Waals surface area contributed by atoms with Gasteiger partial charge in [-0.15, -0.1) is 6.42 Å². The highest BCUT2D eigenvalue weighted by Gasteiger charge is 2.53. The molecule has 0 aromatic heterocycles. The second kappa shape index (κ2) is 4.15. The van der Waals surface area contributed by atoms with Crippen LogP contribution in [-0.4, -0.2) is 18.3 Å². The molecule has 0 atom stereocenters. The number of rotatable bonds is 2. The van der Waals surface area contributed by atoms with Crippen molar-refractivity contribution < 1.29 is 13.7 Å². The molecule has 0 unspecified atom stereocenters. The molecule has 0 spiro atoms. The molecule has 0 aliphatic carbocycles. The van der Waals surface area contributed by atoms with Gasteiger partial charge >= 0.3 is 7.12 Å². The first-order valence-electron chi connectivity index (χ1n) is 5.72. The van der Waals surface area contributed by atoms with E-state index in [0.29, 0.717) is 0 Å². The average molecular weight is 238 g/mol. The summed E-state index contributed by atoms with van der Waals surface area (Å²) in [5, 5.41) is 0. The summed E-state index contributed by atoms with van der Waals surface area (Å²) in [7, 11) is -0.965. The first-order chi connectivity index (χ1) is 7.51. The molecule has 1 heterocycles. The van der Waals surface area contributed by atoms with Crippen LogP contribution >= 0.6 is 0 Å². The van der Waals surface area contributed by atoms with Crippen molar-refractivity contribution in [1.82, 2.24) is 0 Å². The summed E-state index contributed by atoms with van der Waals surface area (Å²) in [6, 6.07) is 0. The lowest BCUT2D eigenvalue weighted by atomic mass is 9.82. The van der Waals surface area contributed by atoms with Crippen molar-refractivity contribution in [2.24, 2.45) is 5.41 Å². The molecule has 17 heavy (non-hydrogen) atoms. The molecule has 0 radical (unpaired) electrons. The third-order valence-electron chi connectivity index (χ3n) is 3.35. The maximum absolute atomic E-state index is 14.0. The second-order valence-electron chi connectivity index (χ2n) is 5.98. The Kier molecular flexibility index (Phi) is 3.49. The third-order valence-corrected chi connectivity index (χ3v) is 3.35. The van der Waals surface area contributed by atoms with Crippen molar-refractivity contribution in [1.29, 1.82) is 0 Å². The highest BCUT2D eigenvalue weighted by atomic mass is 19.1. The third kappa shape index (κ3) is 2.91. The van der Waals surface area contributed by atoms with Gasteiger partial charge in [0.05, 0.1) is 11.2 Å². The van der Waals surface area contributed by atoms with Gasteiger partial charge in [-0.1, -0.05) is 5.92 Å². The molecule has 0 amide bonds. The Hall–Kier alpha value is -0.785. The molecule has 1 fully saturated rings. The molecule has 94 valence electrons. The fourth-order valence-corrected chi connectivity index (χ4v) is 1.41. The van der Waals surface area contributed by atoms with Crippen molar-refractivity contribution in [3.8, 4) is 12.3 Å². The van der Waals surface area contributed by atoms with Crippen molar-refractivity contribution in [3.63, 3.8) is 0 Å². The zero-order valence-corrected chi connectivity index (χ0v) is 11.4. The molecule has 0 saturated carbocycles. The van der Waals surface area contributed by atoms with Crippen LogP contribution in [0.25, 0.3) is 0 Å². The smallest absolute Gasteiger partial charge is 0.398 e. The number of hydrogen-bond donors (Lipinski definition) is 0. The molecular formula is C13H20BFO2. The lowest BCUT2D eigenvalue weighted by Crippen LogP contribution is -2.41. The fraction of sp³-hybridized carbons (Fsp3) is 0.692. The van der Waals surface area contributed by atoms with Gasteiger partial charge in [0.1, 0.15) is 5.73 Å². The summed E-state index contributed by atoms with van der Waals surface area (Å²) >= 11 is 0. The highest BCUT2D eigenvalue weighted by molar-refractivity contribution is 6.53. The van der Waals surface area contributed by atoms with Crippen molar-refractivity contribution in [2.75, 3.05) is 0 Å². The number of halogens is 1. The Labute approximate surface area is 104 Å². The fourth-order valence-electron chi connectivity index (χ4n) is 1.41. The van der Waals surface area contributed by atoms with Gasteiger partial charge in [0.15, 0.2) is 0 Å². The minimum atomic E-state index is -0.965. The molecule has 1 aliphatic rings. The van der Waals surface area contributed by atoms with Crippen LogP contribution in [0, 0.1) is 17.8 Å². The Morgan fingerprint density at radius 2 is 1.65 bits per heavy atom. The number of allylic oxidation sites excluding steroid dienone is 1. The molecule has 0 aromatic carbocycles. The van der Waals surface area contributed by atoms with Crippen molar-refractivity contribution in [3.05, 3.63) is 11.8 Å². The second-order valence-corrected chi connectivity index (χ2v) is 5.98. The average Bonchev–Trinajstić information content (AvgIpc) is 2.36. The van der Waals surface area contributed by atoms with Crippen LogP contribution in [0.4, 0.5) is 4.39 Å². The maximum Gasteiger partial charge on any atom is 0.524 e. The van der Waals surface area contributed by atoms with Crippen LogP contribution < -0.4 is 0 Å². The molecule has 1 saturated heterocycles. The van der Waals surface area contributed by atoms with Gasteiger partial charge in [-0.3, -0.25) is 0 Å². The lowest BCUT2D eigenvalue weighted by molar-refractivity contribution is 0.00578. The molecule has 4 heteroatoms. The first-order valence-corrected chi connectivity index (χ1v) is 5.72. The van der Waals surface area contributed by atoms with E-state index in [1.807, 2.05) is 27.7 Å². The quantitative estimate of drug-likeness (QED) is 0.543. The molecular weight excluding hydrogens is 218 g/mol. The zero-order chi connectivity index (χ0) is 13.5. The van der Waals surface area contributed by atoms with E-state index in [9.17, 15) is 4.39 Å². The summed E-state index contributed by atoms with van der Waals surface area (Å²) in [5.74, 6) is 2.51. The predicted molar refractivity (Wildman–Crippen MR) is 67.9 cm³/mol. The number of terminal acetylenes is 1. The Morgan fingerprint density at radius 3 is 2.00 bits per heavy atom. The number of hydrogen-bond acceptors (Lipinski definition) is 2. The van der Waals surface area contributed by atoms with Crippen LogP contribution in [0.2, 0.25) is 0 Å². The van der Waals surface area contributed by atoms with Crippen LogP contribution in [0.1, 0.15) is 41.5 Å². The van der Waals surface area contributed by atoms with Crippen LogP contribution in [0.5, 0.6) is 0 Å². The molecule has 0 bridgehead atoms. The summed E-state index contributed by atoms with van der Waals surface area (Å²) in [5.41, 5.74) is -2.19. The van der Waals surface area contributed by atoms with Crippen LogP contribution in [0.15, 0.2) is 11.8 Å². The first kappa shape index (κ1) is 14.3. The van der Waals surface area contributed by atoms with E-state index in [-0.39, 0.29) is 0 Å². The highest BCUT2D eigenvalue weighted by Crippen LogP contribution is 2.39. The zero-order valence-electron chi connectivity index (χ0n) is 11.4. The topological polar surface area (TPSA) is 18.5 Å². The van der Waals surface area contributed by atoms with Crippen molar-refractivity contribution >= 4 is 7.12 Å². The normalized spacial score (nSPS) is 23.6. The molecule has 1 aliphatic heterocycles. The van der Waals surface area contributed by atoms with E-state index in [1.54, 1.807) is 13.8 Å². The van der Waals surface area contributed by atoms with Gasteiger partial charge in [0, 0.05) is 5.41 Å². The Morgan fingerprint density at radius 1 is 1.24 bits per heavy atom. The largest absolute Gasteiger partial charge is 0.524 e. The van der Waals surface area contributed by atoms with E-state index in [1.165, 1.54) is 6.08 Å². The minimum Gasteiger partial charge on any atom is -0.398 e.